The fourth-order valence-electron chi connectivity index (χ4n) is 3.33. The molecular formula is C20H20F4N4O2. The highest BCUT2D eigenvalue weighted by Gasteiger charge is 2.31. The number of rotatable bonds is 5. The third-order valence-corrected chi connectivity index (χ3v) is 4.82. The van der Waals surface area contributed by atoms with Gasteiger partial charge in [-0.2, -0.15) is 13.2 Å². The zero-order chi connectivity index (χ0) is 21.9. The Bertz CT molecular complexity index is 962. The molecule has 1 heterocycles. The van der Waals surface area contributed by atoms with Crippen LogP contribution in [0.5, 0.6) is 0 Å². The van der Waals surface area contributed by atoms with E-state index < -0.39 is 23.6 Å². The van der Waals surface area contributed by atoms with Crippen molar-refractivity contribution in [2.75, 3.05) is 18.4 Å². The third-order valence-electron chi connectivity index (χ3n) is 4.82. The number of nitrogens with one attached hydrogen (secondary N) is 2. The number of nitrogens with zero attached hydrogens (tertiary/aromatic N) is 1. The second-order valence-electron chi connectivity index (χ2n) is 6.87. The molecule has 0 saturated carbocycles. The van der Waals surface area contributed by atoms with E-state index in [-0.39, 0.29) is 24.6 Å². The molecule has 3 amide bonds. The number of urea groups is 1. The highest BCUT2D eigenvalue weighted by atomic mass is 19.4. The highest BCUT2D eigenvalue weighted by molar-refractivity contribution is 5.78. The lowest BCUT2D eigenvalue weighted by molar-refractivity contribution is -0.137. The Hall–Kier alpha value is -3.30. The van der Waals surface area contributed by atoms with Gasteiger partial charge in [-0.3, -0.25) is 4.79 Å². The molecule has 0 unspecified atom stereocenters. The monoisotopic (exact) mass is 424 g/mol. The van der Waals surface area contributed by atoms with Crippen LogP contribution in [0.1, 0.15) is 23.1 Å². The molecule has 30 heavy (non-hydrogen) atoms. The molecule has 160 valence electrons. The summed E-state index contributed by atoms with van der Waals surface area (Å²) >= 11 is 0. The van der Waals surface area contributed by atoms with Crippen LogP contribution in [-0.2, 0) is 23.9 Å². The van der Waals surface area contributed by atoms with Crippen molar-refractivity contribution in [1.29, 1.82) is 0 Å². The minimum atomic E-state index is -4.62. The summed E-state index contributed by atoms with van der Waals surface area (Å²) in [7, 11) is 0. The van der Waals surface area contributed by atoms with Gasteiger partial charge in [-0.1, -0.05) is 12.1 Å². The fraction of sp³-hybridized carbons (Fsp3) is 0.300. The summed E-state index contributed by atoms with van der Waals surface area (Å²) < 4.78 is 52.4. The van der Waals surface area contributed by atoms with Crippen LogP contribution in [0.15, 0.2) is 36.4 Å². The predicted molar refractivity (Wildman–Crippen MR) is 102 cm³/mol. The average Bonchev–Trinajstić information content (AvgIpc) is 2.68. The van der Waals surface area contributed by atoms with Gasteiger partial charge in [0.15, 0.2) is 0 Å². The minimum absolute atomic E-state index is 0.0626. The summed E-state index contributed by atoms with van der Waals surface area (Å²) in [6.07, 6.45) is -4.00. The maximum absolute atomic E-state index is 14.2. The Labute approximate surface area is 170 Å². The standard InChI is InChI=1S/C20H20F4N4O2/c21-15-10-13(20(22,23)24)4-5-17(15)27-16-3-1-2-12-11-28(9-7-14(12)16)18(29)6-8-26-19(25)30/h1-5,10,27H,6-9,11H2,(H3,25,26,30). The molecule has 0 spiro atoms. The van der Waals surface area contributed by atoms with E-state index in [9.17, 15) is 27.2 Å². The predicted octanol–water partition coefficient (Wildman–Crippen LogP) is 3.53. The molecule has 0 aromatic heterocycles. The second kappa shape index (κ2) is 8.60. The largest absolute Gasteiger partial charge is 0.416 e. The SMILES string of the molecule is NC(=O)NCCC(=O)N1CCc2c(cccc2Nc2ccc(C(F)(F)F)cc2F)C1. The van der Waals surface area contributed by atoms with E-state index in [1.165, 1.54) is 0 Å². The van der Waals surface area contributed by atoms with Crippen molar-refractivity contribution in [2.45, 2.75) is 25.6 Å². The summed E-state index contributed by atoms with van der Waals surface area (Å²) in [5.41, 5.74) is 6.16. The number of primary amides is 1. The summed E-state index contributed by atoms with van der Waals surface area (Å²) in [4.78, 5) is 24.6. The topological polar surface area (TPSA) is 87.5 Å². The van der Waals surface area contributed by atoms with Crippen molar-refractivity contribution in [3.8, 4) is 0 Å². The summed E-state index contributed by atoms with van der Waals surface area (Å²) in [5, 5.41) is 5.23. The van der Waals surface area contributed by atoms with E-state index in [2.05, 4.69) is 10.6 Å². The van der Waals surface area contributed by atoms with Crippen LogP contribution in [0, 0.1) is 5.82 Å². The average molecular weight is 424 g/mol. The number of carbonyl (C=O) groups excluding carboxylic acids is 2. The third kappa shape index (κ3) is 5.00. The first-order valence-corrected chi connectivity index (χ1v) is 9.21. The van der Waals surface area contributed by atoms with Gasteiger partial charge in [0, 0.05) is 31.7 Å². The van der Waals surface area contributed by atoms with E-state index >= 15 is 0 Å². The highest BCUT2D eigenvalue weighted by Crippen LogP contribution is 2.33. The number of hydrogen-bond donors (Lipinski definition) is 3. The number of halogens is 4. The quantitative estimate of drug-likeness (QED) is 0.642. The molecule has 0 fully saturated rings. The number of fused-ring (bicyclic) bond motifs is 1. The lowest BCUT2D eigenvalue weighted by atomic mass is 9.97. The van der Waals surface area contributed by atoms with Crippen molar-refractivity contribution < 1.29 is 27.2 Å². The second-order valence-corrected chi connectivity index (χ2v) is 6.87. The van der Waals surface area contributed by atoms with Crippen LogP contribution in [0.4, 0.5) is 33.7 Å². The van der Waals surface area contributed by atoms with E-state index in [1.807, 2.05) is 6.07 Å². The summed E-state index contributed by atoms with van der Waals surface area (Å²) in [6, 6.07) is 6.92. The van der Waals surface area contributed by atoms with Crippen molar-refractivity contribution in [2.24, 2.45) is 5.73 Å². The Morgan fingerprint density at radius 2 is 1.90 bits per heavy atom. The molecule has 1 aliphatic heterocycles. The van der Waals surface area contributed by atoms with E-state index in [1.54, 1.807) is 17.0 Å². The zero-order valence-electron chi connectivity index (χ0n) is 15.9. The van der Waals surface area contributed by atoms with Crippen molar-refractivity contribution >= 4 is 23.3 Å². The van der Waals surface area contributed by atoms with Crippen LogP contribution in [0.25, 0.3) is 0 Å². The molecule has 0 bridgehead atoms. The van der Waals surface area contributed by atoms with Gasteiger partial charge < -0.3 is 21.3 Å². The number of nitrogens with two attached hydrogens (primary N) is 1. The van der Waals surface area contributed by atoms with Crippen LogP contribution in [-0.4, -0.2) is 29.9 Å². The van der Waals surface area contributed by atoms with Gasteiger partial charge in [-0.15, -0.1) is 0 Å². The van der Waals surface area contributed by atoms with Crippen LogP contribution < -0.4 is 16.4 Å². The molecule has 2 aromatic rings. The first-order chi connectivity index (χ1) is 14.1. The molecule has 6 nitrogen and oxygen atoms in total. The molecule has 0 saturated heterocycles. The minimum Gasteiger partial charge on any atom is -0.353 e. The van der Waals surface area contributed by atoms with Crippen molar-refractivity contribution in [3.05, 3.63) is 58.9 Å². The van der Waals surface area contributed by atoms with E-state index in [0.717, 1.165) is 23.3 Å². The van der Waals surface area contributed by atoms with Gasteiger partial charge in [-0.05, 0) is 41.8 Å². The summed E-state index contributed by atoms with van der Waals surface area (Å²) in [6.45, 7) is 0.915. The molecule has 0 aliphatic carbocycles. The molecule has 0 radical (unpaired) electrons. The molecule has 4 N–H and O–H groups in total. The van der Waals surface area contributed by atoms with Crippen molar-refractivity contribution in [3.63, 3.8) is 0 Å². The van der Waals surface area contributed by atoms with Gasteiger partial charge in [0.05, 0.1) is 11.3 Å². The lowest BCUT2D eigenvalue weighted by Gasteiger charge is -2.30. The molecule has 3 rings (SSSR count). The van der Waals surface area contributed by atoms with E-state index in [0.29, 0.717) is 31.3 Å². The fourth-order valence-corrected chi connectivity index (χ4v) is 3.33. The molecule has 1 aliphatic rings. The van der Waals surface area contributed by atoms with Crippen molar-refractivity contribution in [1.82, 2.24) is 10.2 Å². The maximum Gasteiger partial charge on any atom is 0.416 e. The van der Waals surface area contributed by atoms with Gasteiger partial charge >= 0.3 is 12.2 Å². The van der Waals surface area contributed by atoms with Gasteiger partial charge in [0.2, 0.25) is 5.91 Å². The molecule has 0 atom stereocenters. The lowest BCUT2D eigenvalue weighted by Crippen LogP contribution is -2.39. The summed E-state index contributed by atoms with van der Waals surface area (Å²) in [5.74, 6) is -1.14. The normalized spacial score (nSPS) is 13.5. The Balaban J connectivity index is 1.72. The number of hydrogen-bond acceptors (Lipinski definition) is 3. The van der Waals surface area contributed by atoms with E-state index in [4.69, 9.17) is 5.73 Å². The maximum atomic E-state index is 14.2. The number of benzene rings is 2. The number of alkyl halides is 3. The van der Waals surface area contributed by atoms with Crippen LogP contribution in [0.3, 0.4) is 0 Å². The number of carbonyl (C=O) groups is 2. The number of amides is 3. The first kappa shape index (κ1) is 21.4. The Morgan fingerprint density at radius 3 is 2.57 bits per heavy atom. The zero-order valence-corrected chi connectivity index (χ0v) is 15.9. The Morgan fingerprint density at radius 1 is 1.13 bits per heavy atom. The molecule has 10 heteroatoms. The van der Waals surface area contributed by atoms with Gasteiger partial charge in [0.1, 0.15) is 5.82 Å². The van der Waals surface area contributed by atoms with Gasteiger partial charge in [0.25, 0.3) is 0 Å². The first-order valence-electron chi connectivity index (χ1n) is 9.21. The van der Waals surface area contributed by atoms with Crippen LogP contribution >= 0.6 is 0 Å². The Kier molecular flexibility index (Phi) is 6.14. The smallest absolute Gasteiger partial charge is 0.353 e. The van der Waals surface area contributed by atoms with Crippen LogP contribution in [0.2, 0.25) is 0 Å². The van der Waals surface area contributed by atoms with Gasteiger partial charge in [-0.25, -0.2) is 9.18 Å². The molecular weight excluding hydrogens is 404 g/mol. The molecule has 2 aromatic carbocycles. The number of anilines is 2.